The SMILES string of the molecule is N#Cc1ccc(/C=C/c2nc3ccccc3c(=O)n2-c2cccc(NC(=O)C(F)(F)F)c2)cc1. The van der Waals surface area contributed by atoms with Crippen molar-refractivity contribution in [2.75, 3.05) is 5.32 Å². The van der Waals surface area contributed by atoms with Crippen LogP contribution < -0.4 is 10.9 Å². The molecule has 1 aromatic heterocycles. The van der Waals surface area contributed by atoms with E-state index < -0.39 is 17.6 Å². The van der Waals surface area contributed by atoms with Crippen LogP contribution in [-0.4, -0.2) is 21.6 Å². The van der Waals surface area contributed by atoms with E-state index in [1.807, 2.05) is 6.07 Å². The highest BCUT2D eigenvalue weighted by Crippen LogP contribution is 2.21. The third kappa shape index (κ3) is 4.71. The second-order valence-corrected chi connectivity index (χ2v) is 7.20. The Morgan fingerprint density at radius 1 is 1.00 bits per heavy atom. The van der Waals surface area contributed by atoms with E-state index in [-0.39, 0.29) is 17.2 Å². The van der Waals surface area contributed by atoms with E-state index in [4.69, 9.17) is 5.26 Å². The Labute approximate surface area is 191 Å². The van der Waals surface area contributed by atoms with Gasteiger partial charge < -0.3 is 5.32 Å². The lowest BCUT2D eigenvalue weighted by atomic mass is 10.1. The molecule has 1 amide bonds. The Balaban J connectivity index is 1.83. The predicted octanol–water partition coefficient (Wildman–Crippen LogP) is 4.93. The summed E-state index contributed by atoms with van der Waals surface area (Å²) in [6.07, 6.45) is -1.76. The van der Waals surface area contributed by atoms with Gasteiger partial charge in [-0.15, -0.1) is 0 Å². The zero-order chi connectivity index (χ0) is 24.3. The van der Waals surface area contributed by atoms with E-state index in [9.17, 15) is 22.8 Å². The van der Waals surface area contributed by atoms with Crippen LogP contribution in [0.5, 0.6) is 0 Å². The molecule has 0 spiro atoms. The number of amides is 1. The van der Waals surface area contributed by atoms with Gasteiger partial charge in [-0.1, -0.05) is 36.4 Å². The lowest BCUT2D eigenvalue weighted by Gasteiger charge is -2.13. The first-order valence-corrected chi connectivity index (χ1v) is 9.95. The van der Waals surface area contributed by atoms with Crippen molar-refractivity contribution in [3.63, 3.8) is 0 Å². The van der Waals surface area contributed by atoms with Crippen molar-refractivity contribution in [1.29, 1.82) is 5.26 Å². The third-order valence-corrected chi connectivity index (χ3v) is 4.89. The van der Waals surface area contributed by atoms with Crippen molar-refractivity contribution in [3.8, 4) is 11.8 Å². The van der Waals surface area contributed by atoms with Crippen molar-refractivity contribution in [2.24, 2.45) is 0 Å². The monoisotopic (exact) mass is 460 g/mol. The lowest BCUT2D eigenvalue weighted by molar-refractivity contribution is -0.167. The predicted molar refractivity (Wildman–Crippen MR) is 122 cm³/mol. The van der Waals surface area contributed by atoms with Gasteiger partial charge in [-0.05, 0) is 54.1 Å². The Hall–Kier alpha value is -4.71. The average Bonchev–Trinajstić information content (AvgIpc) is 2.82. The number of nitrogens with one attached hydrogen (secondary N) is 1. The quantitative estimate of drug-likeness (QED) is 0.468. The molecule has 0 saturated carbocycles. The Morgan fingerprint density at radius 2 is 1.74 bits per heavy atom. The number of rotatable bonds is 4. The molecule has 34 heavy (non-hydrogen) atoms. The fraction of sp³-hybridized carbons (Fsp3) is 0.0400. The maximum absolute atomic E-state index is 13.3. The number of hydrogen-bond donors (Lipinski definition) is 1. The molecule has 3 aromatic carbocycles. The summed E-state index contributed by atoms with van der Waals surface area (Å²) < 4.78 is 39.3. The molecule has 4 rings (SSSR count). The molecule has 0 aliphatic heterocycles. The molecular weight excluding hydrogens is 445 g/mol. The molecule has 0 aliphatic rings. The van der Waals surface area contributed by atoms with Crippen LogP contribution in [0.25, 0.3) is 28.7 Å². The fourth-order valence-corrected chi connectivity index (χ4v) is 3.28. The van der Waals surface area contributed by atoms with Gasteiger partial charge in [0.15, 0.2) is 0 Å². The number of nitriles is 1. The minimum absolute atomic E-state index is 0.123. The lowest BCUT2D eigenvalue weighted by Crippen LogP contribution is -2.30. The first-order chi connectivity index (χ1) is 16.3. The number of carbonyl (C=O) groups is 1. The van der Waals surface area contributed by atoms with Crippen molar-refractivity contribution in [3.05, 3.63) is 100 Å². The van der Waals surface area contributed by atoms with Crippen molar-refractivity contribution < 1.29 is 18.0 Å². The molecule has 9 heteroatoms. The highest BCUT2D eigenvalue weighted by atomic mass is 19.4. The zero-order valence-electron chi connectivity index (χ0n) is 17.4. The molecule has 0 radical (unpaired) electrons. The Morgan fingerprint density at radius 3 is 2.44 bits per heavy atom. The van der Waals surface area contributed by atoms with Crippen LogP contribution in [0.1, 0.15) is 17.0 Å². The van der Waals surface area contributed by atoms with Gasteiger partial charge in [0.05, 0.1) is 28.2 Å². The summed E-state index contributed by atoms with van der Waals surface area (Å²) in [5.41, 5.74) is 1.37. The standard InChI is InChI=1S/C25H15F3N4O2/c26-25(27,28)24(34)30-18-4-3-5-19(14-18)32-22(13-12-16-8-10-17(15-29)11-9-16)31-21-7-2-1-6-20(21)23(32)33/h1-14H,(H,30,34)/b13-12+. The van der Waals surface area contributed by atoms with E-state index >= 15 is 0 Å². The normalized spacial score (nSPS) is 11.5. The number of benzene rings is 3. The number of hydrogen-bond acceptors (Lipinski definition) is 4. The number of para-hydroxylation sites is 1. The van der Waals surface area contributed by atoms with Gasteiger partial charge in [0.1, 0.15) is 5.82 Å². The van der Waals surface area contributed by atoms with Gasteiger partial charge in [0.25, 0.3) is 5.56 Å². The molecule has 0 fully saturated rings. The van der Waals surface area contributed by atoms with E-state index in [0.29, 0.717) is 16.5 Å². The third-order valence-electron chi connectivity index (χ3n) is 4.89. The first-order valence-electron chi connectivity index (χ1n) is 9.95. The minimum atomic E-state index is -5.05. The smallest absolute Gasteiger partial charge is 0.318 e. The summed E-state index contributed by atoms with van der Waals surface area (Å²) in [6, 6.07) is 21.0. The molecule has 0 unspecified atom stereocenters. The number of fused-ring (bicyclic) bond motifs is 1. The van der Waals surface area contributed by atoms with Crippen molar-refractivity contribution >= 4 is 34.6 Å². The van der Waals surface area contributed by atoms with Crippen LogP contribution in [0, 0.1) is 11.3 Å². The second kappa shape index (κ2) is 9.03. The van der Waals surface area contributed by atoms with E-state index in [1.165, 1.54) is 28.8 Å². The van der Waals surface area contributed by atoms with Gasteiger partial charge in [-0.3, -0.25) is 14.2 Å². The Bertz CT molecular complexity index is 1510. The highest BCUT2D eigenvalue weighted by molar-refractivity contribution is 5.95. The maximum Gasteiger partial charge on any atom is 0.471 e. The molecule has 6 nitrogen and oxygen atoms in total. The molecule has 0 aliphatic carbocycles. The van der Waals surface area contributed by atoms with Gasteiger partial charge in [0.2, 0.25) is 0 Å². The van der Waals surface area contributed by atoms with E-state index in [2.05, 4.69) is 4.98 Å². The number of anilines is 1. The summed E-state index contributed by atoms with van der Waals surface area (Å²) >= 11 is 0. The summed E-state index contributed by atoms with van der Waals surface area (Å²) in [5.74, 6) is -1.89. The van der Waals surface area contributed by atoms with Crippen molar-refractivity contribution in [1.82, 2.24) is 9.55 Å². The van der Waals surface area contributed by atoms with Crippen LogP contribution in [0.15, 0.2) is 77.6 Å². The summed E-state index contributed by atoms with van der Waals surface area (Å²) in [4.78, 5) is 29.2. The highest BCUT2D eigenvalue weighted by Gasteiger charge is 2.38. The van der Waals surface area contributed by atoms with Crippen molar-refractivity contribution in [2.45, 2.75) is 6.18 Å². The zero-order valence-corrected chi connectivity index (χ0v) is 17.4. The van der Waals surface area contributed by atoms with Gasteiger partial charge in [-0.2, -0.15) is 18.4 Å². The molecule has 0 saturated heterocycles. The Kier molecular flexibility index (Phi) is 5.97. The van der Waals surface area contributed by atoms with E-state index in [0.717, 1.165) is 5.56 Å². The minimum Gasteiger partial charge on any atom is -0.318 e. The first kappa shape index (κ1) is 22.5. The maximum atomic E-state index is 13.3. The summed E-state index contributed by atoms with van der Waals surface area (Å²) in [6.45, 7) is 0. The number of nitrogens with zero attached hydrogens (tertiary/aromatic N) is 3. The molecular formula is C25H15F3N4O2. The van der Waals surface area contributed by atoms with E-state index in [1.54, 1.807) is 66.0 Å². The molecule has 168 valence electrons. The van der Waals surface area contributed by atoms with Crippen LogP contribution in [-0.2, 0) is 4.79 Å². The molecule has 4 aromatic rings. The van der Waals surface area contributed by atoms with Crippen LogP contribution >= 0.6 is 0 Å². The van der Waals surface area contributed by atoms with Gasteiger partial charge in [-0.25, -0.2) is 4.98 Å². The topological polar surface area (TPSA) is 87.8 Å². The second-order valence-electron chi connectivity index (χ2n) is 7.20. The van der Waals surface area contributed by atoms with Crippen LogP contribution in [0.3, 0.4) is 0 Å². The molecule has 0 bridgehead atoms. The summed E-state index contributed by atoms with van der Waals surface area (Å²) in [7, 11) is 0. The molecule has 1 heterocycles. The molecule has 0 atom stereocenters. The fourth-order valence-electron chi connectivity index (χ4n) is 3.28. The average molecular weight is 460 g/mol. The molecule has 1 N–H and O–H groups in total. The van der Waals surface area contributed by atoms with Gasteiger partial charge >= 0.3 is 12.1 Å². The van der Waals surface area contributed by atoms with Crippen LogP contribution in [0.2, 0.25) is 0 Å². The number of alkyl halides is 3. The van der Waals surface area contributed by atoms with Gasteiger partial charge in [0, 0.05) is 5.69 Å². The number of aromatic nitrogens is 2. The van der Waals surface area contributed by atoms with Crippen LogP contribution in [0.4, 0.5) is 18.9 Å². The largest absolute Gasteiger partial charge is 0.471 e. The summed E-state index contributed by atoms with van der Waals surface area (Å²) in [5, 5.41) is 11.1. The number of carbonyl (C=O) groups excluding carboxylic acids is 1. The number of halogens is 3.